The van der Waals surface area contributed by atoms with Gasteiger partial charge in [-0.05, 0) is 44.9 Å². The summed E-state index contributed by atoms with van der Waals surface area (Å²) in [5.41, 5.74) is 1.68. The number of hydrogen-bond donors (Lipinski definition) is 0. The highest BCUT2D eigenvalue weighted by atomic mass is 16.6. The summed E-state index contributed by atoms with van der Waals surface area (Å²) in [7, 11) is 1.75. The number of para-hydroxylation sites is 1. The van der Waals surface area contributed by atoms with Gasteiger partial charge in [0, 0.05) is 20.0 Å². The minimum atomic E-state index is -0.498. The molecule has 1 amide bonds. The molecule has 0 unspecified atom stereocenters. The Kier molecular flexibility index (Phi) is 6.67. The Morgan fingerprint density at radius 2 is 1.65 bits per heavy atom. The van der Waals surface area contributed by atoms with Gasteiger partial charge in [0.1, 0.15) is 17.5 Å². The van der Waals surface area contributed by atoms with Crippen LogP contribution in [-0.2, 0) is 4.74 Å². The maximum absolute atomic E-state index is 12.2. The number of rotatable bonds is 6. The van der Waals surface area contributed by atoms with Gasteiger partial charge in [0.15, 0.2) is 0 Å². The molecule has 0 aliphatic rings. The molecule has 0 saturated carbocycles. The Bertz CT molecular complexity index is 707. The molecule has 2 rings (SSSR count). The first-order valence-corrected chi connectivity index (χ1v) is 8.97. The first kappa shape index (κ1) is 19.8. The zero-order chi connectivity index (χ0) is 19.2. The molecule has 0 bridgehead atoms. The number of amides is 1. The first-order valence-electron chi connectivity index (χ1n) is 8.97. The van der Waals surface area contributed by atoms with Gasteiger partial charge in [-0.1, -0.05) is 48.5 Å². The number of hydrogen-bond acceptors (Lipinski definition) is 3. The van der Waals surface area contributed by atoms with Gasteiger partial charge in [-0.15, -0.1) is 0 Å². The van der Waals surface area contributed by atoms with Crippen LogP contribution in [0.25, 0.3) is 0 Å². The fraction of sp³-hybridized carbons (Fsp3) is 0.409. The van der Waals surface area contributed by atoms with Crippen LogP contribution in [0.2, 0.25) is 0 Å². The van der Waals surface area contributed by atoms with E-state index in [1.807, 2.05) is 70.2 Å². The van der Waals surface area contributed by atoms with Gasteiger partial charge in [-0.2, -0.15) is 0 Å². The first-order chi connectivity index (χ1) is 12.3. The average Bonchev–Trinajstić information content (AvgIpc) is 2.59. The van der Waals surface area contributed by atoms with E-state index in [2.05, 4.69) is 12.1 Å². The van der Waals surface area contributed by atoms with Crippen LogP contribution in [0.15, 0.2) is 54.6 Å². The van der Waals surface area contributed by atoms with Gasteiger partial charge in [0.05, 0.1) is 0 Å². The SMILES string of the molecule is Cc1ccccc1O[C@H](CCN(C)C(=O)OC(C)(C)C)c1ccccc1. The molecule has 4 heteroatoms. The third-order valence-corrected chi connectivity index (χ3v) is 3.97. The number of carbonyl (C=O) groups excluding carboxylic acids is 1. The Morgan fingerprint density at radius 3 is 2.27 bits per heavy atom. The lowest BCUT2D eigenvalue weighted by Crippen LogP contribution is -2.35. The molecule has 0 aliphatic carbocycles. The third kappa shape index (κ3) is 6.10. The Labute approximate surface area is 156 Å². The van der Waals surface area contributed by atoms with Crippen molar-refractivity contribution in [1.29, 1.82) is 0 Å². The van der Waals surface area contributed by atoms with Gasteiger partial charge < -0.3 is 14.4 Å². The van der Waals surface area contributed by atoms with Crippen LogP contribution in [0.1, 0.15) is 44.4 Å². The van der Waals surface area contributed by atoms with E-state index in [4.69, 9.17) is 9.47 Å². The molecule has 0 radical (unpaired) electrons. The second-order valence-corrected chi connectivity index (χ2v) is 7.47. The predicted molar refractivity (Wildman–Crippen MR) is 104 cm³/mol. The van der Waals surface area contributed by atoms with Crippen molar-refractivity contribution in [2.24, 2.45) is 0 Å². The minimum Gasteiger partial charge on any atom is -0.485 e. The van der Waals surface area contributed by atoms with Crippen LogP contribution in [0.4, 0.5) is 4.79 Å². The van der Waals surface area contributed by atoms with E-state index in [1.165, 1.54) is 0 Å². The van der Waals surface area contributed by atoms with Gasteiger partial charge in [0.2, 0.25) is 0 Å². The summed E-state index contributed by atoms with van der Waals surface area (Å²) < 4.78 is 11.7. The van der Waals surface area contributed by atoms with Crippen molar-refractivity contribution in [3.63, 3.8) is 0 Å². The Balaban J connectivity index is 2.08. The molecular formula is C22H29NO3. The van der Waals surface area contributed by atoms with Crippen molar-refractivity contribution in [3.05, 3.63) is 65.7 Å². The van der Waals surface area contributed by atoms with Crippen LogP contribution in [0.3, 0.4) is 0 Å². The monoisotopic (exact) mass is 355 g/mol. The molecule has 0 aliphatic heterocycles. The predicted octanol–water partition coefficient (Wildman–Crippen LogP) is 5.37. The second kappa shape index (κ2) is 8.75. The number of nitrogens with zero attached hydrogens (tertiary/aromatic N) is 1. The third-order valence-electron chi connectivity index (χ3n) is 3.97. The molecule has 0 spiro atoms. The van der Waals surface area contributed by atoms with E-state index in [9.17, 15) is 4.79 Å². The molecule has 0 N–H and O–H groups in total. The van der Waals surface area contributed by atoms with Crippen molar-refractivity contribution in [2.45, 2.75) is 45.8 Å². The zero-order valence-electron chi connectivity index (χ0n) is 16.4. The smallest absolute Gasteiger partial charge is 0.410 e. The topological polar surface area (TPSA) is 38.8 Å². The quantitative estimate of drug-likeness (QED) is 0.699. The number of carbonyl (C=O) groups is 1. The molecule has 2 aromatic rings. The highest BCUT2D eigenvalue weighted by molar-refractivity contribution is 5.67. The van der Waals surface area contributed by atoms with E-state index in [1.54, 1.807) is 11.9 Å². The molecule has 1 atom stereocenters. The summed E-state index contributed by atoms with van der Waals surface area (Å²) in [6, 6.07) is 18.1. The summed E-state index contributed by atoms with van der Waals surface area (Å²) in [6.07, 6.45) is 0.219. The summed E-state index contributed by atoms with van der Waals surface area (Å²) in [5, 5.41) is 0. The Morgan fingerprint density at radius 1 is 1.04 bits per heavy atom. The second-order valence-electron chi connectivity index (χ2n) is 7.47. The lowest BCUT2D eigenvalue weighted by Gasteiger charge is -2.26. The molecule has 4 nitrogen and oxygen atoms in total. The van der Waals surface area contributed by atoms with Gasteiger partial charge in [-0.25, -0.2) is 4.79 Å². The summed E-state index contributed by atoms with van der Waals surface area (Å²) in [5.74, 6) is 0.862. The Hall–Kier alpha value is -2.49. The molecule has 26 heavy (non-hydrogen) atoms. The van der Waals surface area contributed by atoms with E-state index >= 15 is 0 Å². The van der Waals surface area contributed by atoms with Gasteiger partial charge in [-0.3, -0.25) is 0 Å². The molecule has 140 valence electrons. The maximum atomic E-state index is 12.2. The highest BCUT2D eigenvalue weighted by Crippen LogP contribution is 2.27. The molecule has 0 heterocycles. The van der Waals surface area contributed by atoms with Crippen molar-refractivity contribution < 1.29 is 14.3 Å². The van der Waals surface area contributed by atoms with Gasteiger partial charge in [0.25, 0.3) is 0 Å². The zero-order valence-corrected chi connectivity index (χ0v) is 16.4. The molecule has 2 aromatic carbocycles. The summed E-state index contributed by atoms with van der Waals surface area (Å²) >= 11 is 0. The normalized spacial score (nSPS) is 12.3. The van der Waals surface area contributed by atoms with Crippen molar-refractivity contribution in [2.75, 3.05) is 13.6 Å². The van der Waals surface area contributed by atoms with Crippen LogP contribution >= 0.6 is 0 Å². The van der Waals surface area contributed by atoms with E-state index in [0.29, 0.717) is 13.0 Å². The summed E-state index contributed by atoms with van der Waals surface area (Å²) in [4.78, 5) is 13.8. The largest absolute Gasteiger partial charge is 0.485 e. The maximum Gasteiger partial charge on any atom is 0.410 e. The molecule has 0 saturated heterocycles. The van der Waals surface area contributed by atoms with Crippen molar-refractivity contribution in [3.8, 4) is 5.75 Å². The van der Waals surface area contributed by atoms with E-state index in [0.717, 1.165) is 16.9 Å². The fourth-order valence-electron chi connectivity index (χ4n) is 2.55. The standard InChI is InChI=1S/C22H29NO3/c1-17-11-9-10-14-19(17)25-20(18-12-7-6-8-13-18)15-16-23(5)21(24)26-22(2,3)4/h6-14,20H,15-16H2,1-5H3/t20-/m1/s1. The molecule has 0 aromatic heterocycles. The van der Waals surface area contributed by atoms with Gasteiger partial charge >= 0.3 is 6.09 Å². The van der Waals surface area contributed by atoms with Crippen molar-refractivity contribution in [1.82, 2.24) is 4.90 Å². The average molecular weight is 355 g/mol. The minimum absolute atomic E-state index is 0.137. The fourth-order valence-corrected chi connectivity index (χ4v) is 2.55. The molecular weight excluding hydrogens is 326 g/mol. The molecule has 0 fully saturated rings. The lowest BCUT2D eigenvalue weighted by atomic mass is 10.1. The van der Waals surface area contributed by atoms with E-state index < -0.39 is 5.60 Å². The highest BCUT2D eigenvalue weighted by Gasteiger charge is 2.21. The lowest BCUT2D eigenvalue weighted by molar-refractivity contribution is 0.0278. The van der Waals surface area contributed by atoms with Crippen molar-refractivity contribution >= 4 is 6.09 Å². The number of ether oxygens (including phenoxy) is 2. The number of benzene rings is 2. The van der Waals surface area contributed by atoms with Crippen LogP contribution in [0, 0.1) is 6.92 Å². The van der Waals surface area contributed by atoms with Crippen LogP contribution in [0.5, 0.6) is 5.75 Å². The van der Waals surface area contributed by atoms with E-state index in [-0.39, 0.29) is 12.2 Å². The van der Waals surface area contributed by atoms with Crippen LogP contribution in [-0.4, -0.2) is 30.2 Å². The van der Waals surface area contributed by atoms with Crippen LogP contribution < -0.4 is 4.74 Å². The summed E-state index contributed by atoms with van der Waals surface area (Å²) in [6.45, 7) is 8.18. The number of aryl methyl sites for hydroxylation is 1.